The fraction of sp³-hybridized carbons (Fsp3) is 0.343. The highest BCUT2D eigenvalue weighted by Gasteiger charge is 2.16. The number of carbonyl (C=O) groups excluding carboxylic acids is 4. The fourth-order valence-corrected chi connectivity index (χ4v) is 9.23. The molecule has 80 heavy (non-hydrogen) atoms. The van der Waals surface area contributed by atoms with Crippen molar-refractivity contribution in [3.05, 3.63) is 192 Å². The first-order chi connectivity index (χ1) is 39.2. The Morgan fingerprint density at radius 2 is 0.500 bits per heavy atom. The Hall–Kier alpha value is -7.98. The lowest BCUT2D eigenvalue weighted by Crippen LogP contribution is -2.11. The van der Waals surface area contributed by atoms with Crippen molar-refractivity contribution in [1.82, 2.24) is 0 Å². The molecule has 7 aromatic rings. The summed E-state index contributed by atoms with van der Waals surface area (Å²) >= 11 is 0. The van der Waals surface area contributed by atoms with Gasteiger partial charge in [0.05, 0.1) is 35.5 Å². The van der Waals surface area contributed by atoms with E-state index in [1.165, 1.54) is 170 Å². The van der Waals surface area contributed by atoms with Crippen molar-refractivity contribution in [1.29, 1.82) is 0 Å². The molecule has 10 heteroatoms. The smallest absolute Gasteiger partial charge is 0.343 e. The van der Waals surface area contributed by atoms with Crippen LogP contribution in [-0.2, 0) is 0 Å². The second-order valence-electron chi connectivity index (χ2n) is 20.3. The Kier molecular flexibility index (Phi) is 25.0. The monoisotopic (exact) mass is 1080 g/mol. The zero-order valence-corrected chi connectivity index (χ0v) is 46.8. The number of hydrogen-bond acceptors (Lipinski definition) is 10. The largest absolute Gasteiger partial charge is 0.494 e. The highest BCUT2D eigenvalue weighted by molar-refractivity contribution is 5.94. The van der Waals surface area contributed by atoms with E-state index in [2.05, 4.69) is 13.8 Å². The van der Waals surface area contributed by atoms with E-state index >= 15 is 0 Å². The van der Waals surface area contributed by atoms with Gasteiger partial charge in [-0.1, -0.05) is 184 Å². The number of ether oxygens (including phenoxy) is 6. The minimum atomic E-state index is -0.665. The Morgan fingerprint density at radius 1 is 0.263 bits per heavy atom. The molecule has 0 aliphatic heterocycles. The molecule has 0 aromatic heterocycles. The molecule has 0 fully saturated rings. The molecule has 7 aromatic carbocycles. The first kappa shape index (κ1) is 59.7. The first-order valence-electron chi connectivity index (χ1n) is 29.1. The standard InChI is InChI=1S/C70H78O10/c1-3-5-7-9-11-13-15-17-19-21-50-75-61-42-34-55(35-43-61)53-26-30-57(31-27-53)67(71)77-63-46-38-59(39-47-63)69(73)79-65-24-23-25-66(52-65)80-70(74)60-40-48-64(49-41-60)78-68(72)58-32-28-54(29-33-58)56-36-44-62(45-37-56)76-51-22-20-18-16-14-12-10-8-6-4-2/h23-49,52H,3-22,50-51H2,1-2H3. The Morgan fingerprint density at radius 3 is 0.800 bits per heavy atom. The highest BCUT2D eigenvalue weighted by Crippen LogP contribution is 2.28. The summed E-state index contributed by atoms with van der Waals surface area (Å²) in [6, 6.07) is 48.5. The summed E-state index contributed by atoms with van der Waals surface area (Å²) in [6.45, 7) is 5.93. The van der Waals surface area contributed by atoms with Crippen molar-refractivity contribution in [2.24, 2.45) is 0 Å². The van der Waals surface area contributed by atoms with Gasteiger partial charge in [0.2, 0.25) is 0 Å². The van der Waals surface area contributed by atoms with Crippen LogP contribution in [0.3, 0.4) is 0 Å². The number of benzene rings is 7. The maximum absolute atomic E-state index is 13.1. The summed E-state index contributed by atoms with van der Waals surface area (Å²) in [4.78, 5) is 52.3. The topological polar surface area (TPSA) is 124 Å². The molecule has 0 heterocycles. The van der Waals surface area contributed by atoms with E-state index in [0.29, 0.717) is 24.3 Å². The molecule has 0 saturated carbocycles. The van der Waals surface area contributed by atoms with E-state index in [-0.39, 0.29) is 34.1 Å². The van der Waals surface area contributed by atoms with Gasteiger partial charge in [-0.15, -0.1) is 0 Å². The normalized spacial score (nSPS) is 10.9. The molecule has 0 N–H and O–H groups in total. The molecule has 0 saturated heterocycles. The van der Waals surface area contributed by atoms with Crippen LogP contribution in [0.2, 0.25) is 0 Å². The second-order valence-corrected chi connectivity index (χ2v) is 20.3. The van der Waals surface area contributed by atoms with Crippen molar-refractivity contribution >= 4 is 23.9 Å². The summed E-state index contributed by atoms with van der Waals surface area (Å²) in [7, 11) is 0. The molecule has 0 atom stereocenters. The van der Waals surface area contributed by atoms with Gasteiger partial charge < -0.3 is 28.4 Å². The third-order valence-electron chi connectivity index (χ3n) is 14.0. The van der Waals surface area contributed by atoms with Crippen LogP contribution in [0.15, 0.2) is 170 Å². The van der Waals surface area contributed by atoms with Crippen molar-refractivity contribution in [2.75, 3.05) is 13.2 Å². The van der Waals surface area contributed by atoms with Gasteiger partial charge in [-0.05, 0) is 144 Å². The fourth-order valence-electron chi connectivity index (χ4n) is 9.23. The van der Waals surface area contributed by atoms with Crippen molar-refractivity contribution in [3.8, 4) is 56.8 Å². The van der Waals surface area contributed by atoms with Crippen LogP contribution in [0.5, 0.6) is 34.5 Å². The predicted molar refractivity (Wildman–Crippen MR) is 318 cm³/mol. The minimum Gasteiger partial charge on any atom is -0.494 e. The van der Waals surface area contributed by atoms with Gasteiger partial charge in [-0.25, -0.2) is 19.2 Å². The average Bonchev–Trinajstić information content (AvgIpc) is 3.49. The Balaban J connectivity index is 0.785. The van der Waals surface area contributed by atoms with Gasteiger partial charge in [-0.3, -0.25) is 0 Å². The molecule has 7 rings (SSSR count). The number of carbonyl (C=O) groups is 4. The van der Waals surface area contributed by atoms with Gasteiger partial charge in [0.15, 0.2) is 0 Å². The molecule has 10 nitrogen and oxygen atoms in total. The number of rotatable bonds is 34. The summed E-state index contributed by atoms with van der Waals surface area (Å²) in [6.07, 6.45) is 25.8. The molecule has 0 unspecified atom stereocenters. The van der Waals surface area contributed by atoms with Crippen LogP contribution < -0.4 is 28.4 Å². The molecule has 0 aliphatic carbocycles. The number of esters is 4. The van der Waals surface area contributed by atoms with E-state index in [1.807, 2.05) is 72.8 Å². The molecule has 0 aliphatic rings. The van der Waals surface area contributed by atoms with E-state index < -0.39 is 23.9 Å². The van der Waals surface area contributed by atoms with Crippen LogP contribution in [-0.4, -0.2) is 37.1 Å². The van der Waals surface area contributed by atoms with E-state index in [0.717, 1.165) is 46.6 Å². The van der Waals surface area contributed by atoms with Gasteiger partial charge in [-0.2, -0.15) is 0 Å². The summed E-state index contributed by atoms with van der Waals surface area (Å²) in [5.41, 5.74) is 5.11. The molecule has 418 valence electrons. The molecule has 0 bridgehead atoms. The highest BCUT2D eigenvalue weighted by atomic mass is 16.6. The SMILES string of the molecule is CCCCCCCCCCCCOc1ccc(-c2ccc(C(=O)Oc3ccc(C(=O)Oc4cccc(OC(=O)c5ccc(OC(=O)c6ccc(-c7ccc(OCCCCCCCCCCCC)cc7)cc6)cc5)c4)cc3)cc2)cc1. The van der Waals surface area contributed by atoms with Crippen molar-refractivity contribution < 1.29 is 47.6 Å². The lowest BCUT2D eigenvalue weighted by molar-refractivity contribution is 0.0723. The number of unbranched alkanes of at least 4 members (excludes halogenated alkanes) is 18. The third-order valence-corrected chi connectivity index (χ3v) is 14.0. The van der Waals surface area contributed by atoms with Crippen LogP contribution >= 0.6 is 0 Å². The van der Waals surface area contributed by atoms with Crippen molar-refractivity contribution in [2.45, 2.75) is 142 Å². The maximum Gasteiger partial charge on any atom is 0.343 e. The lowest BCUT2D eigenvalue weighted by Gasteiger charge is -2.09. The van der Waals surface area contributed by atoms with E-state index in [4.69, 9.17) is 28.4 Å². The minimum absolute atomic E-state index is 0.149. The first-order valence-corrected chi connectivity index (χ1v) is 29.1. The molecule has 0 amide bonds. The molecular weight excluding hydrogens is 1000 g/mol. The summed E-state index contributed by atoms with van der Waals surface area (Å²) < 4.78 is 34.3. The van der Waals surface area contributed by atoms with Crippen LogP contribution in [0, 0.1) is 0 Å². The Labute approximate surface area is 473 Å². The van der Waals surface area contributed by atoms with Gasteiger partial charge in [0.1, 0.15) is 34.5 Å². The van der Waals surface area contributed by atoms with Gasteiger partial charge in [0.25, 0.3) is 0 Å². The molecule has 0 radical (unpaired) electrons. The van der Waals surface area contributed by atoms with Gasteiger partial charge >= 0.3 is 23.9 Å². The van der Waals surface area contributed by atoms with E-state index in [9.17, 15) is 19.2 Å². The third kappa shape index (κ3) is 20.4. The van der Waals surface area contributed by atoms with Crippen LogP contribution in [0.25, 0.3) is 22.3 Å². The average molecular weight is 1080 g/mol. The zero-order chi connectivity index (χ0) is 56.0. The lowest BCUT2D eigenvalue weighted by atomic mass is 10.0. The van der Waals surface area contributed by atoms with Crippen LogP contribution in [0.1, 0.15) is 184 Å². The van der Waals surface area contributed by atoms with Crippen LogP contribution in [0.4, 0.5) is 0 Å². The maximum atomic E-state index is 13.1. The molecular formula is C70H78O10. The summed E-state index contributed by atoms with van der Waals surface area (Å²) in [5, 5.41) is 0. The Bertz CT molecular complexity index is 2750. The zero-order valence-electron chi connectivity index (χ0n) is 46.8. The van der Waals surface area contributed by atoms with Gasteiger partial charge in [0, 0.05) is 6.07 Å². The van der Waals surface area contributed by atoms with E-state index in [1.54, 1.807) is 42.5 Å². The summed E-state index contributed by atoms with van der Waals surface area (Å²) in [5.74, 6) is 0.0946. The number of hydrogen-bond donors (Lipinski definition) is 0. The molecule has 0 spiro atoms. The second kappa shape index (κ2) is 33.5. The predicted octanol–water partition coefficient (Wildman–Crippen LogP) is 18.5. The van der Waals surface area contributed by atoms with Crippen molar-refractivity contribution in [3.63, 3.8) is 0 Å². The quantitative estimate of drug-likeness (QED) is 0.0219.